The number of rotatable bonds is 8. The van der Waals surface area contributed by atoms with Crippen molar-refractivity contribution >= 4 is 10.0 Å². The standard InChI is InChI=1S/C16H35NS/c1-10-14(4)16(12-3,17-7)13-18(8,9)15(5,6)11-2/h10,14,17H,1,11-13H2,2-9H3/t14-,16?/m0/s1. The molecule has 110 valence electrons. The molecule has 0 aromatic rings. The van der Waals surface area contributed by atoms with Crippen LogP contribution in [0.25, 0.3) is 0 Å². The van der Waals surface area contributed by atoms with Gasteiger partial charge in [-0.2, -0.15) is 0 Å². The first-order chi connectivity index (χ1) is 8.12. The van der Waals surface area contributed by atoms with Crippen molar-refractivity contribution in [2.45, 2.75) is 57.7 Å². The molecule has 0 aromatic heterocycles. The molecule has 2 atom stereocenters. The SMILES string of the molecule is C=C[C@H](C)C(CC)(CS(C)(C)C(C)(C)CC)NC. The van der Waals surface area contributed by atoms with Crippen LogP contribution < -0.4 is 5.32 Å². The summed E-state index contributed by atoms with van der Waals surface area (Å²) in [6.45, 7) is 15.8. The summed E-state index contributed by atoms with van der Waals surface area (Å²) < 4.78 is 0.436. The fourth-order valence-electron chi connectivity index (χ4n) is 2.49. The molecule has 0 radical (unpaired) electrons. The molecule has 18 heavy (non-hydrogen) atoms. The second-order valence-electron chi connectivity index (χ2n) is 6.58. The van der Waals surface area contributed by atoms with E-state index in [1.54, 1.807) is 0 Å². The molecule has 2 heteroatoms. The number of hydrogen-bond donors (Lipinski definition) is 1. The quantitative estimate of drug-likeness (QED) is 0.645. The van der Waals surface area contributed by atoms with Gasteiger partial charge in [0.15, 0.2) is 0 Å². The van der Waals surface area contributed by atoms with E-state index in [0.717, 1.165) is 6.42 Å². The molecule has 0 saturated carbocycles. The zero-order chi connectivity index (χ0) is 14.6. The Morgan fingerprint density at radius 1 is 1.22 bits per heavy atom. The third-order valence-electron chi connectivity index (χ3n) is 5.32. The van der Waals surface area contributed by atoms with E-state index in [4.69, 9.17) is 0 Å². The Balaban J connectivity index is 5.28. The third-order valence-corrected chi connectivity index (χ3v) is 9.84. The van der Waals surface area contributed by atoms with Crippen molar-refractivity contribution < 1.29 is 0 Å². The highest BCUT2D eigenvalue weighted by Gasteiger charge is 2.40. The Morgan fingerprint density at radius 2 is 1.72 bits per heavy atom. The molecule has 0 aliphatic heterocycles. The van der Waals surface area contributed by atoms with Gasteiger partial charge in [0.25, 0.3) is 0 Å². The Bertz CT molecular complexity index is 264. The van der Waals surface area contributed by atoms with Crippen LogP contribution >= 0.6 is 10.0 Å². The highest BCUT2D eigenvalue weighted by atomic mass is 32.3. The van der Waals surface area contributed by atoms with Crippen molar-refractivity contribution in [2.75, 3.05) is 25.3 Å². The summed E-state index contributed by atoms with van der Waals surface area (Å²) in [4.78, 5) is 0. The summed E-state index contributed by atoms with van der Waals surface area (Å²) in [6, 6.07) is 0. The van der Waals surface area contributed by atoms with Gasteiger partial charge in [-0.25, -0.2) is 10.0 Å². The minimum absolute atomic E-state index is 0.201. The van der Waals surface area contributed by atoms with Crippen LogP contribution in [0.2, 0.25) is 0 Å². The van der Waals surface area contributed by atoms with Crippen molar-refractivity contribution in [3.63, 3.8) is 0 Å². The third kappa shape index (κ3) is 3.54. The number of nitrogens with one attached hydrogen (secondary N) is 1. The summed E-state index contributed by atoms with van der Waals surface area (Å²) in [6.07, 6.45) is 9.50. The van der Waals surface area contributed by atoms with E-state index in [9.17, 15) is 0 Å². The smallest absolute Gasteiger partial charge is 0.0312 e. The van der Waals surface area contributed by atoms with E-state index in [0.29, 0.717) is 10.7 Å². The van der Waals surface area contributed by atoms with Crippen molar-refractivity contribution in [3.05, 3.63) is 12.7 Å². The normalized spacial score (nSPS) is 19.1. The second-order valence-corrected chi connectivity index (χ2v) is 11.1. The molecule has 1 unspecified atom stereocenters. The van der Waals surface area contributed by atoms with Crippen LogP contribution in [0.1, 0.15) is 47.5 Å². The Labute approximate surface area is 117 Å². The summed E-state index contributed by atoms with van der Waals surface area (Å²) in [5.74, 6) is 1.77. The van der Waals surface area contributed by atoms with Crippen LogP contribution in [0, 0.1) is 5.92 Å². The lowest BCUT2D eigenvalue weighted by Crippen LogP contribution is -2.53. The molecular formula is C16H35NS. The minimum Gasteiger partial charge on any atom is -0.313 e. The zero-order valence-electron chi connectivity index (χ0n) is 13.9. The molecule has 1 nitrogen and oxygen atoms in total. The molecule has 0 rings (SSSR count). The zero-order valence-corrected chi connectivity index (χ0v) is 14.7. The molecule has 0 amide bonds. The van der Waals surface area contributed by atoms with Gasteiger partial charge in [0.2, 0.25) is 0 Å². The molecule has 0 heterocycles. The van der Waals surface area contributed by atoms with Gasteiger partial charge < -0.3 is 5.32 Å². The molecule has 0 aromatic carbocycles. The van der Waals surface area contributed by atoms with Crippen LogP contribution in [-0.2, 0) is 0 Å². The first-order valence-corrected chi connectivity index (χ1v) is 9.76. The lowest BCUT2D eigenvalue weighted by atomic mass is 9.84. The van der Waals surface area contributed by atoms with E-state index in [1.165, 1.54) is 12.2 Å². The molecular weight excluding hydrogens is 238 g/mol. The fraction of sp³-hybridized carbons (Fsp3) is 0.875. The van der Waals surface area contributed by atoms with E-state index in [-0.39, 0.29) is 5.54 Å². The van der Waals surface area contributed by atoms with Crippen molar-refractivity contribution in [1.29, 1.82) is 0 Å². The lowest BCUT2D eigenvalue weighted by Gasteiger charge is -2.53. The summed E-state index contributed by atoms with van der Waals surface area (Å²) >= 11 is 0. The first kappa shape index (κ1) is 18.0. The van der Waals surface area contributed by atoms with Gasteiger partial charge in [-0.1, -0.05) is 40.7 Å². The van der Waals surface area contributed by atoms with E-state index >= 15 is 0 Å². The fourth-order valence-corrected chi connectivity index (χ4v) is 5.56. The van der Waals surface area contributed by atoms with Crippen molar-refractivity contribution in [1.82, 2.24) is 5.32 Å². The van der Waals surface area contributed by atoms with Crippen LogP contribution in [-0.4, -0.2) is 35.6 Å². The summed E-state index contributed by atoms with van der Waals surface area (Å²) in [5.41, 5.74) is 0.201. The number of hydrogen-bond acceptors (Lipinski definition) is 1. The maximum atomic E-state index is 4.00. The van der Waals surface area contributed by atoms with Gasteiger partial charge in [-0.3, -0.25) is 0 Å². The maximum absolute atomic E-state index is 4.00. The van der Waals surface area contributed by atoms with Gasteiger partial charge in [0.1, 0.15) is 0 Å². The van der Waals surface area contributed by atoms with Gasteiger partial charge >= 0.3 is 0 Å². The molecule has 0 spiro atoms. The first-order valence-electron chi connectivity index (χ1n) is 7.14. The van der Waals surface area contributed by atoms with E-state index in [2.05, 4.69) is 72.1 Å². The van der Waals surface area contributed by atoms with Crippen LogP contribution in [0.3, 0.4) is 0 Å². The van der Waals surface area contributed by atoms with Crippen LogP contribution in [0.5, 0.6) is 0 Å². The van der Waals surface area contributed by atoms with Crippen LogP contribution in [0.15, 0.2) is 12.7 Å². The maximum Gasteiger partial charge on any atom is 0.0312 e. The lowest BCUT2D eigenvalue weighted by molar-refractivity contribution is 0.300. The molecule has 0 saturated heterocycles. The van der Waals surface area contributed by atoms with Crippen LogP contribution in [0.4, 0.5) is 0 Å². The topological polar surface area (TPSA) is 12.0 Å². The van der Waals surface area contributed by atoms with Crippen molar-refractivity contribution in [3.8, 4) is 0 Å². The Kier molecular flexibility index (Phi) is 6.49. The molecule has 0 fully saturated rings. The van der Waals surface area contributed by atoms with Gasteiger partial charge in [-0.15, -0.1) is 6.58 Å². The summed E-state index contributed by atoms with van der Waals surface area (Å²) in [7, 11) is 1.45. The van der Waals surface area contributed by atoms with E-state index < -0.39 is 10.0 Å². The van der Waals surface area contributed by atoms with Gasteiger partial charge in [-0.05, 0) is 48.8 Å². The highest BCUT2D eigenvalue weighted by molar-refractivity contribution is 8.33. The molecule has 0 bridgehead atoms. The molecule has 1 N–H and O–H groups in total. The molecule has 0 aliphatic rings. The predicted molar refractivity (Wildman–Crippen MR) is 90.1 cm³/mol. The summed E-state index contributed by atoms with van der Waals surface area (Å²) in [5, 5.41) is 3.62. The average molecular weight is 274 g/mol. The highest BCUT2D eigenvalue weighted by Crippen LogP contribution is 2.57. The monoisotopic (exact) mass is 273 g/mol. The second kappa shape index (κ2) is 6.47. The van der Waals surface area contributed by atoms with Crippen molar-refractivity contribution in [2.24, 2.45) is 5.92 Å². The minimum atomic E-state index is -0.657. The Hall–Kier alpha value is 0.0500. The average Bonchev–Trinajstić information content (AvgIpc) is 2.34. The Morgan fingerprint density at radius 3 is 2.00 bits per heavy atom. The van der Waals surface area contributed by atoms with Gasteiger partial charge in [0.05, 0.1) is 0 Å². The van der Waals surface area contributed by atoms with E-state index in [1.807, 2.05) is 0 Å². The largest absolute Gasteiger partial charge is 0.313 e. The van der Waals surface area contributed by atoms with Gasteiger partial charge in [0, 0.05) is 5.54 Å². The molecule has 0 aliphatic carbocycles. The predicted octanol–water partition coefficient (Wildman–Crippen LogP) is 4.43.